The van der Waals surface area contributed by atoms with E-state index in [1.54, 1.807) is 24.6 Å². The van der Waals surface area contributed by atoms with Gasteiger partial charge in [-0.15, -0.1) is 0 Å². The second kappa shape index (κ2) is 7.30. The van der Waals surface area contributed by atoms with Crippen LogP contribution in [0.3, 0.4) is 0 Å². The van der Waals surface area contributed by atoms with E-state index < -0.39 is 7.60 Å². The van der Waals surface area contributed by atoms with Gasteiger partial charge in [-0.05, 0) is 44.5 Å². The van der Waals surface area contributed by atoms with Crippen molar-refractivity contribution in [3.63, 3.8) is 0 Å². The van der Waals surface area contributed by atoms with Gasteiger partial charge in [0, 0.05) is 10.4 Å². The number of aryl methyl sites for hydroxylation is 1. The minimum absolute atomic E-state index is 0.269. The van der Waals surface area contributed by atoms with E-state index >= 15 is 0 Å². The molecule has 0 radical (unpaired) electrons. The first-order valence-corrected chi connectivity index (χ1v) is 10.1. The molecule has 0 atom stereocenters. The molecule has 0 aliphatic heterocycles. The number of aromatic nitrogens is 2. The normalized spacial score (nSPS) is 12.0. The van der Waals surface area contributed by atoms with Gasteiger partial charge in [0.25, 0.3) is 0 Å². The zero-order valence-corrected chi connectivity index (χ0v) is 16.1. The Morgan fingerprint density at radius 1 is 1.12 bits per heavy atom. The second-order valence-electron chi connectivity index (χ2n) is 5.52. The van der Waals surface area contributed by atoms with Gasteiger partial charge in [0.05, 0.1) is 24.4 Å². The van der Waals surface area contributed by atoms with Gasteiger partial charge in [-0.2, -0.15) is 5.10 Å². The van der Waals surface area contributed by atoms with Crippen molar-refractivity contribution in [2.24, 2.45) is 0 Å². The summed E-state index contributed by atoms with van der Waals surface area (Å²) in [5.74, 6) is 0. The highest BCUT2D eigenvalue weighted by atomic mass is 35.5. The van der Waals surface area contributed by atoms with Gasteiger partial charge in [0.1, 0.15) is 0 Å². The van der Waals surface area contributed by atoms with Crippen LogP contribution in [0.2, 0.25) is 5.02 Å². The topological polar surface area (TPSA) is 53.4 Å². The zero-order valence-electron chi connectivity index (χ0n) is 14.4. The molecular weight excluding hydrogens is 359 g/mol. The number of nitrogens with zero attached hydrogens (tertiary/aromatic N) is 2. The predicted octanol–water partition coefficient (Wildman–Crippen LogP) is 4.88. The molecule has 0 unspecified atom stereocenters. The Morgan fingerprint density at radius 3 is 2.44 bits per heavy atom. The summed E-state index contributed by atoms with van der Waals surface area (Å²) < 4.78 is 26.3. The van der Waals surface area contributed by atoms with E-state index in [2.05, 4.69) is 5.10 Å². The molecule has 0 aliphatic carbocycles. The van der Waals surface area contributed by atoms with E-state index in [4.69, 9.17) is 20.6 Å². The van der Waals surface area contributed by atoms with Crippen molar-refractivity contribution >= 4 is 35.5 Å². The Bertz CT molecular complexity index is 945. The fourth-order valence-corrected chi connectivity index (χ4v) is 4.73. The maximum atomic E-state index is 13.5. The number of hydrogen-bond acceptors (Lipinski definition) is 4. The van der Waals surface area contributed by atoms with Crippen LogP contribution in [-0.4, -0.2) is 23.0 Å². The lowest BCUT2D eigenvalue weighted by Crippen LogP contribution is -2.21. The van der Waals surface area contributed by atoms with Crippen molar-refractivity contribution in [2.75, 3.05) is 13.2 Å². The quantitative estimate of drug-likeness (QED) is 0.574. The van der Waals surface area contributed by atoms with Crippen LogP contribution in [0.1, 0.15) is 19.4 Å². The van der Waals surface area contributed by atoms with Gasteiger partial charge in [-0.3, -0.25) is 4.57 Å². The molecule has 0 bridgehead atoms. The van der Waals surface area contributed by atoms with Gasteiger partial charge in [0.2, 0.25) is 0 Å². The Hall–Kier alpha value is -1.65. The Morgan fingerprint density at radius 2 is 1.80 bits per heavy atom. The molecule has 132 valence electrons. The average molecular weight is 379 g/mol. The number of rotatable bonds is 6. The maximum absolute atomic E-state index is 13.5. The SMILES string of the molecule is CCOP(=O)(OCC)c1c2ccccc2nn1-c1ccc(C)c(Cl)c1. The molecular formula is C18H20ClN2O3P. The minimum atomic E-state index is -3.54. The standard InChI is InChI=1S/C18H20ClN2O3P/c1-4-23-25(22,24-5-2)18-15-8-6-7-9-17(15)20-21(18)14-11-10-13(3)16(19)12-14/h6-12H,4-5H2,1-3H3. The number of hydrogen-bond donors (Lipinski definition) is 0. The molecule has 2 aromatic carbocycles. The summed E-state index contributed by atoms with van der Waals surface area (Å²) in [5, 5.41) is 5.97. The summed E-state index contributed by atoms with van der Waals surface area (Å²) >= 11 is 6.28. The van der Waals surface area contributed by atoms with E-state index in [1.807, 2.05) is 43.3 Å². The molecule has 5 nitrogen and oxygen atoms in total. The van der Waals surface area contributed by atoms with Crippen LogP contribution in [-0.2, 0) is 13.6 Å². The highest BCUT2D eigenvalue weighted by Gasteiger charge is 2.34. The third kappa shape index (κ3) is 3.38. The summed E-state index contributed by atoms with van der Waals surface area (Å²) in [6.07, 6.45) is 0. The van der Waals surface area contributed by atoms with Crippen molar-refractivity contribution in [2.45, 2.75) is 20.8 Å². The average Bonchev–Trinajstić information content (AvgIpc) is 2.98. The Kier molecular flexibility index (Phi) is 5.30. The molecule has 7 heteroatoms. The van der Waals surface area contributed by atoms with Gasteiger partial charge >= 0.3 is 7.60 Å². The van der Waals surface area contributed by atoms with Crippen LogP contribution in [0.15, 0.2) is 42.5 Å². The summed E-state index contributed by atoms with van der Waals surface area (Å²) in [6.45, 7) is 6.05. The lowest BCUT2D eigenvalue weighted by Gasteiger charge is -2.19. The first-order chi connectivity index (χ1) is 12.0. The summed E-state index contributed by atoms with van der Waals surface area (Å²) in [6, 6.07) is 13.1. The lowest BCUT2D eigenvalue weighted by molar-refractivity contribution is 0.229. The van der Waals surface area contributed by atoms with Crippen molar-refractivity contribution in [3.05, 3.63) is 53.1 Å². The van der Waals surface area contributed by atoms with Crippen LogP contribution < -0.4 is 5.44 Å². The van der Waals surface area contributed by atoms with Crippen molar-refractivity contribution in [1.82, 2.24) is 9.78 Å². The molecule has 0 aliphatic rings. The first kappa shape index (κ1) is 18.2. The fourth-order valence-electron chi connectivity index (χ4n) is 2.68. The van der Waals surface area contributed by atoms with Crippen molar-refractivity contribution < 1.29 is 13.6 Å². The second-order valence-corrected chi connectivity index (χ2v) is 7.86. The largest absolute Gasteiger partial charge is 0.380 e. The van der Waals surface area contributed by atoms with E-state index in [1.165, 1.54) is 0 Å². The fraction of sp³-hybridized carbons (Fsp3) is 0.278. The molecule has 0 fully saturated rings. The van der Waals surface area contributed by atoms with Crippen LogP contribution in [0.25, 0.3) is 16.6 Å². The summed E-state index contributed by atoms with van der Waals surface area (Å²) in [5.41, 5.74) is 2.81. The molecule has 3 rings (SSSR count). The van der Waals surface area contributed by atoms with Crippen molar-refractivity contribution in [1.29, 1.82) is 0 Å². The molecule has 0 amide bonds. The predicted molar refractivity (Wildman–Crippen MR) is 101 cm³/mol. The number of benzene rings is 2. The monoisotopic (exact) mass is 378 g/mol. The minimum Gasteiger partial charge on any atom is -0.304 e. The molecule has 1 aromatic heterocycles. The molecule has 0 saturated carbocycles. The summed E-state index contributed by atoms with van der Waals surface area (Å²) in [7, 11) is -3.54. The third-order valence-corrected chi connectivity index (χ3v) is 6.36. The van der Waals surface area contributed by atoms with E-state index in [0.717, 1.165) is 10.9 Å². The van der Waals surface area contributed by atoms with E-state index in [0.29, 0.717) is 21.7 Å². The van der Waals surface area contributed by atoms with Crippen LogP contribution >= 0.6 is 19.2 Å². The molecule has 0 N–H and O–H groups in total. The van der Waals surface area contributed by atoms with Gasteiger partial charge in [-0.25, -0.2) is 4.68 Å². The Labute approximate surface area is 152 Å². The highest BCUT2D eigenvalue weighted by Crippen LogP contribution is 2.49. The molecule has 0 spiro atoms. The van der Waals surface area contributed by atoms with Gasteiger partial charge in [-0.1, -0.05) is 35.9 Å². The van der Waals surface area contributed by atoms with Gasteiger partial charge in [0.15, 0.2) is 5.44 Å². The zero-order chi connectivity index (χ0) is 18.0. The summed E-state index contributed by atoms with van der Waals surface area (Å²) in [4.78, 5) is 0. The first-order valence-electron chi connectivity index (χ1n) is 8.14. The lowest BCUT2D eigenvalue weighted by atomic mass is 10.2. The van der Waals surface area contributed by atoms with E-state index in [-0.39, 0.29) is 13.2 Å². The number of halogens is 1. The Balaban J connectivity index is 2.31. The maximum Gasteiger partial charge on any atom is 0.380 e. The third-order valence-electron chi connectivity index (χ3n) is 3.81. The van der Waals surface area contributed by atoms with E-state index in [9.17, 15) is 4.57 Å². The van der Waals surface area contributed by atoms with Gasteiger partial charge < -0.3 is 9.05 Å². The molecule has 0 saturated heterocycles. The molecule has 3 aromatic rings. The van der Waals surface area contributed by atoms with Crippen LogP contribution in [0, 0.1) is 6.92 Å². The molecule has 25 heavy (non-hydrogen) atoms. The van der Waals surface area contributed by atoms with Crippen molar-refractivity contribution in [3.8, 4) is 5.69 Å². The highest BCUT2D eigenvalue weighted by molar-refractivity contribution is 7.62. The smallest absolute Gasteiger partial charge is 0.304 e. The van der Waals surface area contributed by atoms with Crippen LogP contribution in [0.4, 0.5) is 0 Å². The number of fused-ring (bicyclic) bond motifs is 1. The molecule has 1 heterocycles. The van der Waals surface area contributed by atoms with Crippen LogP contribution in [0.5, 0.6) is 0 Å².